The van der Waals surface area contributed by atoms with Gasteiger partial charge in [0.05, 0.1) is 22.5 Å². The molecule has 1 amide bonds. The maximum Gasteiger partial charge on any atom is 0.265 e. The zero-order valence-corrected chi connectivity index (χ0v) is 22.3. The van der Waals surface area contributed by atoms with Gasteiger partial charge in [0.15, 0.2) is 0 Å². The van der Waals surface area contributed by atoms with Crippen LogP contribution in [0, 0.1) is 13.8 Å². The molecule has 1 heterocycles. The van der Waals surface area contributed by atoms with Crippen molar-refractivity contribution in [2.75, 3.05) is 0 Å². The van der Waals surface area contributed by atoms with Gasteiger partial charge in [-0.3, -0.25) is 4.79 Å². The number of sulfonamides is 1. The van der Waals surface area contributed by atoms with Gasteiger partial charge in [-0.2, -0.15) is 0 Å². The molecule has 0 aliphatic heterocycles. The Bertz CT molecular complexity index is 1510. The lowest BCUT2D eigenvalue weighted by atomic mass is 10.1. The van der Waals surface area contributed by atoms with Gasteiger partial charge in [0.2, 0.25) is 0 Å². The fourth-order valence-corrected chi connectivity index (χ4v) is 5.40. The quantitative estimate of drug-likeness (QED) is 0.264. The highest BCUT2D eigenvalue weighted by atomic mass is 35.5. The Hall–Kier alpha value is -3.16. The van der Waals surface area contributed by atoms with Crippen LogP contribution in [-0.4, -0.2) is 23.9 Å². The molecule has 0 aliphatic rings. The summed E-state index contributed by atoms with van der Waals surface area (Å²) >= 11 is 6.62. The molecule has 188 valence electrons. The maximum absolute atomic E-state index is 12.9. The minimum atomic E-state index is -3.99. The number of aromatic nitrogens is 2. The van der Waals surface area contributed by atoms with Crippen LogP contribution in [-0.2, 0) is 23.0 Å². The summed E-state index contributed by atoms with van der Waals surface area (Å²) in [7, 11) is -3.99. The molecule has 8 heteroatoms. The molecule has 0 saturated carbocycles. The number of hydrogen-bond donors (Lipinski definition) is 1. The van der Waals surface area contributed by atoms with Crippen LogP contribution in [0.25, 0.3) is 11.0 Å². The third-order valence-corrected chi connectivity index (χ3v) is 7.97. The summed E-state index contributed by atoms with van der Waals surface area (Å²) in [6, 6.07) is 17.5. The van der Waals surface area contributed by atoms with Crippen molar-refractivity contribution >= 4 is 38.6 Å². The van der Waals surface area contributed by atoms with Gasteiger partial charge in [-0.05, 0) is 74.2 Å². The Morgan fingerprint density at radius 3 is 2.44 bits per heavy atom. The first-order valence-corrected chi connectivity index (χ1v) is 13.9. The number of carbonyl (C=O) groups excluding carboxylic acids is 1. The summed E-state index contributed by atoms with van der Waals surface area (Å²) in [5.74, 6) is 0.0790. The zero-order valence-electron chi connectivity index (χ0n) is 20.7. The fraction of sp³-hybridized carbons (Fsp3) is 0.286. The lowest BCUT2D eigenvalue weighted by molar-refractivity contribution is 0.0981. The van der Waals surface area contributed by atoms with E-state index in [0.717, 1.165) is 40.8 Å². The van der Waals surface area contributed by atoms with E-state index in [1.807, 2.05) is 30.5 Å². The van der Waals surface area contributed by atoms with Crippen LogP contribution in [0.3, 0.4) is 0 Å². The molecule has 3 aromatic carbocycles. The lowest BCUT2D eigenvalue weighted by Crippen LogP contribution is -2.30. The molecule has 0 unspecified atom stereocenters. The Balaban J connectivity index is 1.58. The predicted octanol–water partition coefficient (Wildman–Crippen LogP) is 6.21. The maximum atomic E-state index is 12.9. The van der Waals surface area contributed by atoms with Gasteiger partial charge in [-0.25, -0.2) is 18.1 Å². The first-order chi connectivity index (χ1) is 17.2. The standard InChI is InChI=1S/C28H30ClN3O3S/c1-4-5-6-7-21-10-11-23(25(29)16-21)18-32-20(3)30-26-15-12-22(17-27(26)32)28(33)31-36(34,35)24-13-8-19(2)9-14-24/h8-17H,4-7,18H2,1-3H3,(H,31,33). The zero-order chi connectivity index (χ0) is 25.9. The summed E-state index contributed by atoms with van der Waals surface area (Å²) in [6.45, 7) is 6.44. The topological polar surface area (TPSA) is 81.1 Å². The van der Waals surface area contributed by atoms with E-state index in [2.05, 4.69) is 22.7 Å². The number of amides is 1. The largest absolute Gasteiger partial charge is 0.324 e. The molecule has 0 aliphatic carbocycles. The number of benzene rings is 3. The molecule has 1 N–H and O–H groups in total. The highest BCUT2D eigenvalue weighted by Crippen LogP contribution is 2.24. The first kappa shape index (κ1) is 25.9. The number of nitrogens with zero attached hydrogens (tertiary/aromatic N) is 2. The number of nitrogens with one attached hydrogen (secondary N) is 1. The summed E-state index contributed by atoms with van der Waals surface area (Å²) < 4.78 is 29.5. The van der Waals surface area contributed by atoms with Crippen LogP contribution in [0.1, 0.15) is 59.1 Å². The second-order valence-electron chi connectivity index (χ2n) is 9.08. The number of hydrogen-bond acceptors (Lipinski definition) is 4. The molecule has 1 aromatic heterocycles. The molecule has 4 rings (SSSR count). The molecule has 0 bridgehead atoms. The third-order valence-electron chi connectivity index (χ3n) is 6.27. The van der Waals surface area contributed by atoms with E-state index < -0.39 is 15.9 Å². The highest BCUT2D eigenvalue weighted by Gasteiger charge is 2.20. The number of unbranched alkanes of at least 4 members (excludes halogenated alkanes) is 2. The fourth-order valence-electron chi connectivity index (χ4n) is 4.17. The van der Waals surface area contributed by atoms with Gasteiger partial charge in [-0.15, -0.1) is 0 Å². The minimum absolute atomic E-state index is 0.0381. The SMILES string of the molecule is CCCCCc1ccc(Cn2c(C)nc3ccc(C(=O)NS(=O)(=O)c4ccc(C)cc4)cc32)c(Cl)c1. The normalized spacial score (nSPS) is 11.7. The molecular formula is C28H30ClN3O3S. The second-order valence-corrected chi connectivity index (χ2v) is 11.2. The van der Waals surface area contributed by atoms with Crippen molar-refractivity contribution in [3.8, 4) is 0 Å². The number of rotatable bonds is 9. The Labute approximate surface area is 217 Å². The van der Waals surface area contributed by atoms with Crippen molar-refractivity contribution in [3.63, 3.8) is 0 Å². The smallest absolute Gasteiger partial charge is 0.265 e. The molecule has 6 nitrogen and oxygen atoms in total. The molecular weight excluding hydrogens is 494 g/mol. The van der Waals surface area contributed by atoms with E-state index >= 15 is 0 Å². The summed E-state index contributed by atoms with van der Waals surface area (Å²) in [4.78, 5) is 17.5. The molecule has 4 aromatic rings. The van der Waals surface area contributed by atoms with Crippen LogP contribution in [0.5, 0.6) is 0 Å². The minimum Gasteiger partial charge on any atom is -0.324 e. The summed E-state index contributed by atoms with van der Waals surface area (Å²) in [5, 5.41) is 0.698. The number of carbonyl (C=O) groups is 1. The summed E-state index contributed by atoms with van der Waals surface area (Å²) in [5.41, 5.74) is 4.79. The molecule has 36 heavy (non-hydrogen) atoms. The van der Waals surface area contributed by atoms with E-state index in [0.29, 0.717) is 11.6 Å². The molecule has 0 saturated heterocycles. The van der Waals surface area contributed by atoms with E-state index in [1.165, 1.54) is 30.5 Å². The number of fused-ring (bicyclic) bond motifs is 1. The van der Waals surface area contributed by atoms with Crippen molar-refractivity contribution in [3.05, 3.63) is 93.8 Å². The third kappa shape index (κ3) is 5.79. The van der Waals surface area contributed by atoms with Crippen molar-refractivity contribution in [2.45, 2.75) is 57.9 Å². The van der Waals surface area contributed by atoms with Crippen molar-refractivity contribution < 1.29 is 13.2 Å². The van der Waals surface area contributed by atoms with E-state index in [-0.39, 0.29) is 10.5 Å². The van der Waals surface area contributed by atoms with E-state index in [4.69, 9.17) is 11.6 Å². The van der Waals surface area contributed by atoms with Crippen molar-refractivity contribution in [1.82, 2.24) is 14.3 Å². The van der Waals surface area contributed by atoms with Gasteiger partial charge >= 0.3 is 0 Å². The Morgan fingerprint density at radius 1 is 1.00 bits per heavy atom. The van der Waals surface area contributed by atoms with Crippen molar-refractivity contribution in [1.29, 1.82) is 0 Å². The van der Waals surface area contributed by atoms with Gasteiger partial charge < -0.3 is 4.57 Å². The lowest BCUT2D eigenvalue weighted by Gasteiger charge is -2.11. The average molecular weight is 524 g/mol. The van der Waals surface area contributed by atoms with Crippen molar-refractivity contribution in [2.24, 2.45) is 0 Å². The second kappa shape index (κ2) is 10.8. The molecule has 0 spiro atoms. The Kier molecular flexibility index (Phi) is 7.81. The number of aryl methyl sites for hydroxylation is 3. The Morgan fingerprint density at radius 2 is 1.75 bits per heavy atom. The predicted molar refractivity (Wildman–Crippen MR) is 144 cm³/mol. The first-order valence-electron chi connectivity index (χ1n) is 12.1. The van der Waals surface area contributed by atoms with Crippen LogP contribution in [0.15, 0.2) is 65.6 Å². The van der Waals surface area contributed by atoms with Gasteiger partial charge in [0.1, 0.15) is 5.82 Å². The van der Waals surface area contributed by atoms with E-state index in [9.17, 15) is 13.2 Å². The van der Waals surface area contributed by atoms with Crippen LogP contribution >= 0.6 is 11.6 Å². The highest BCUT2D eigenvalue weighted by molar-refractivity contribution is 7.90. The molecule has 0 fully saturated rings. The summed E-state index contributed by atoms with van der Waals surface area (Å²) in [6.07, 6.45) is 4.52. The van der Waals surface area contributed by atoms with Gasteiger partial charge in [0, 0.05) is 10.6 Å². The van der Waals surface area contributed by atoms with Crippen LogP contribution < -0.4 is 4.72 Å². The monoisotopic (exact) mass is 523 g/mol. The van der Waals surface area contributed by atoms with E-state index in [1.54, 1.807) is 30.3 Å². The van der Waals surface area contributed by atoms with Crippen LogP contribution in [0.2, 0.25) is 5.02 Å². The van der Waals surface area contributed by atoms with Crippen LogP contribution in [0.4, 0.5) is 0 Å². The molecule has 0 atom stereocenters. The van der Waals surface area contributed by atoms with Gasteiger partial charge in [-0.1, -0.05) is 61.2 Å². The number of imidazole rings is 1. The van der Waals surface area contributed by atoms with Gasteiger partial charge in [0.25, 0.3) is 15.9 Å². The average Bonchev–Trinajstić information content (AvgIpc) is 3.15. The number of halogens is 1. The molecule has 0 radical (unpaired) electrons.